The van der Waals surface area contributed by atoms with Gasteiger partial charge in [0.25, 0.3) is 0 Å². The van der Waals surface area contributed by atoms with E-state index in [1.165, 1.54) is 12.0 Å². The van der Waals surface area contributed by atoms with Gasteiger partial charge in [0.05, 0.1) is 11.7 Å². The summed E-state index contributed by atoms with van der Waals surface area (Å²) in [5.74, 6) is 1.44. The molecule has 4 fully saturated rings. The third kappa shape index (κ3) is 2.00. The van der Waals surface area contributed by atoms with Crippen LogP contribution >= 0.6 is 0 Å². The second-order valence-electron chi connectivity index (χ2n) is 8.24. The van der Waals surface area contributed by atoms with E-state index in [1.807, 2.05) is 6.07 Å². The van der Waals surface area contributed by atoms with Gasteiger partial charge in [-0.15, -0.1) is 0 Å². The lowest BCUT2D eigenvalue weighted by Gasteiger charge is -2.64. The molecule has 4 aliphatic rings. The first-order valence-electron chi connectivity index (χ1n) is 8.62. The van der Waals surface area contributed by atoms with Crippen LogP contribution in [-0.2, 0) is 9.31 Å². The predicted octanol–water partition coefficient (Wildman–Crippen LogP) is 2.70. The van der Waals surface area contributed by atoms with E-state index in [4.69, 9.17) is 9.31 Å². The monoisotopic (exact) mass is 300 g/mol. The molecule has 118 valence electrons. The number of quaternary nitrogens is 1. The van der Waals surface area contributed by atoms with Crippen LogP contribution in [0.2, 0.25) is 6.32 Å². The molecule has 1 aromatic carbocycles. The maximum atomic E-state index is 6.47. The van der Waals surface area contributed by atoms with Gasteiger partial charge < -0.3 is 15.0 Å². The van der Waals surface area contributed by atoms with Crippen LogP contribution in [0.4, 0.5) is 0 Å². The molecule has 0 amide bonds. The molecule has 1 saturated heterocycles. The Morgan fingerprint density at radius 3 is 2.64 bits per heavy atom. The Morgan fingerprint density at radius 1 is 1.23 bits per heavy atom. The van der Waals surface area contributed by atoms with Crippen molar-refractivity contribution in [3.63, 3.8) is 0 Å². The quantitative estimate of drug-likeness (QED) is 0.872. The molecule has 0 spiro atoms. The van der Waals surface area contributed by atoms with Crippen molar-refractivity contribution >= 4 is 7.12 Å². The van der Waals surface area contributed by atoms with E-state index in [0.717, 1.165) is 18.7 Å². The first-order chi connectivity index (χ1) is 10.4. The Hall–Kier alpha value is -0.835. The summed E-state index contributed by atoms with van der Waals surface area (Å²) < 4.78 is 12.8. The van der Waals surface area contributed by atoms with Crippen LogP contribution in [-0.4, -0.2) is 18.8 Å². The van der Waals surface area contributed by atoms with E-state index >= 15 is 0 Å². The van der Waals surface area contributed by atoms with Crippen molar-refractivity contribution < 1.29 is 15.0 Å². The molecule has 4 heteroatoms. The standard InChI is InChI=1S/C18H26BNO2/c1-17(2)13-9-15(17)18(3)16(10-13)21-19(22-18)11-14(20)12-7-5-4-6-8-12/h4-8,13-16H,9-11,20H2,1-3H3/p+1/t13?,14-,15?,16?,18+/m0/s1. The van der Waals surface area contributed by atoms with Crippen molar-refractivity contribution in [3.8, 4) is 0 Å². The van der Waals surface area contributed by atoms with Crippen LogP contribution in [0, 0.1) is 17.3 Å². The zero-order valence-corrected chi connectivity index (χ0v) is 13.9. The van der Waals surface area contributed by atoms with Gasteiger partial charge in [0.2, 0.25) is 0 Å². The molecule has 1 aromatic rings. The molecule has 3 saturated carbocycles. The van der Waals surface area contributed by atoms with Crippen LogP contribution in [0.5, 0.6) is 0 Å². The average molecular weight is 300 g/mol. The zero-order chi connectivity index (χ0) is 15.5. The lowest BCUT2D eigenvalue weighted by Crippen LogP contribution is -2.65. The smallest absolute Gasteiger partial charge is 0.405 e. The second-order valence-corrected chi connectivity index (χ2v) is 8.24. The highest BCUT2D eigenvalue weighted by molar-refractivity contribution is 6.45. The fourth-order valence-electron chi connectivity index (χ4n) is 5.15. The number of hydrogen-bond donors (Lipinski definition) is 1. The van der Waals surface area contributed by atoms with Gasteiger partial charge in [0.1, 0.15) is 6.04 Å². The van der Waals surface area contributed by atoms with E-state index in [9.17, 15) is 0 Å². The number of hydrogen-bond acceptors (Lipinski definition) is 2. The lowest BCUT2D eigenvalue weighted by atomic mass is 9.43. The summed E-state index contributed by atoms with van der Waals surface area (Å²) in [5, 5.41) is 0. The minimum Gasteiger partial charge on any atom is -0.405 e. The highest BCUT2D eigenvalue weighted by Crippen LogP contribution is 2.65. The fraction of sp³-hybridized carbons (Fsp3) is 0.667. The summed E-state index contributed by atoms with van der Waals surface area (Å²) in [6, 6.07) is 10.7. The molecule has 3 nitrogen and oxygen atoms in total. The van der Waals surface area contributed by atoms with Gasteiger partial charge in [0.15, 0.2) is 0 Å². The summed E-state index contributed by atoms with van der Waals surface area (Å²) in [6.45, 7) is 7.08. The summed E-state index contributed by atoms with van der Waals surface area (Å²) in [4.78, 5) is 0. The maximum Gasteiger partial charge on any atom is 0.464 e. The van der Waals surface area contributed by atoms with Crippen LogP contribution in [0.1, 0.15) is 45.2 Å². The Balaban J connectivity index is 1.47. The van der Waals surface area contributed by atoms with Gasteiger partial charge in [0, 0.05) is 11.9 Å². The third-order valence-electron chi connectivity index (χ3n) is 6.75. The van der Waals surface area contributed by atoms with Gasteiger partial charge >= 0.3 is 7.12 Å². The Morgan fingerprint density at radius 2 is 1.95 bits per heavy atom. The van der Waals surface area contributed by atoms with Crippen molar-refractivity contribution in [3.05, 3.63) is 35.9 Å². The van der Waals surface area contributed by atoms with Crippen molar-refractivity contribution in [2.24, 2.45) is 17.3 Å². The molecule has 1 heterocycles. The van der Waals surface area contributed by atoms with Crippen LogP contribution < -0.4 is 5.73 Å². The Bertz CT molecular complexity index is 563. The third-order valence-corrected chi connectivity index (χ3v) is 6.75. The first kappa shape index (κ1) is 14.7. The molecule has 3 aliphatic carbocycles. The van der Waals surface area contributed by atoms with Crippen molar-refractivity contribution in [1.29, 1.82) is 0 Å². The highest BCUT2D eigenvalue weighted by atomic mass is 16.7. The van der Waals surface area contributed by atoms with Crippen LogP contribution in [0.3, 0.4) is 0 Å². The molecule has 2 bridgehead atoms. The Kier molecular flexibility index (Phi) is 3.23. The van der Waals surface area contributed by atoms with Crippen LogP contribution in [0.15, 0.2) is 30.3 Å². The van der Waals surface area contributed by atoms with Crippen molar-refractivity contribution in [2.75, 3.05) is 0 Å². The predicted molar refractivity (Wildman–Crippen MR) is 87.0 cm³/mol. The van der Waals surface area contributed by atoms with E-state index in [-0.39, 0.29) is 24.9 Å². The van der Waals surface area contributed by atoms with E-state index in [0.29, 0.717) is 11.3 Å². The summed E-state index contributed by atoms with van der Waals surface area (Å²) in [6.07, 6.45) is 3.58. The van der Waals surface area contributed by atoms with Crippen LogP contribution in [0.25, 0.3) is 0 Å². The molecule has 5 rings (SSSR count). The van der Waals surface area contributed by atoms with Crippen molar-refractivity contribution in [2.45, 2.75) is 57.7 Å². The molecule has 22 heavy (non-hydrogen) atoms. The molecule has 0 radical (unpaired) electrons. The topological polar surface area (TPSA) is 46.1 Å². The molecule has 1 aliphatic heterocycles. The van der Waals surface area contributed by atoms with Crippen molar-refractivity contribution in [1.82, 2.24) is 0 Å². The molecule has 3 N–H and O–H groups in total. The number of benzene rings is 1. The van der Waals surface area contributed by atoms with E-state index in [2.05, 4.69) is 50.8 Å². The largest absolute Gasteiger partial charge is 0.464 e. The second kappa shape index (κ2) is 4.83. The zero-order valence-electron chi connectivity index (χ0n) is 13.9. The minimum atomic E-state index is -0.104. The molecule has 3 unspecified atom stereocenters. The fourth-order valence-corrected chi connectivity index (χ4v) is 5.15. The van der Waals surface area contributed by atoms with E-state index < -0.39 is 0 Å². The van der Waals surface area contributed by atoms with Gasteiger partial charge in [-0.3, -0.25) is 0 Å². The average Bonchev–Trinajstić information content (AvgIpc) is 2.83. The van der Waals surface area contributed by atoms with Gasteiger partial charge in [-0.2, -0.15) is 0 Å². The maximum absolute atomic E-state index is 6.47. The minimum absolute atomic E-state index is 0.0979. The summed E-state index contributed by atoms with van der Waals surface area (Å²) in [5.41, 5.74) is 5.88. The summed E-state index contributed by atoms with van der Waals surface area (Å²) >= 11 is 0. The Labute approximate surface area is 133 Å². The molecular formula is C18H27BNO2+. The van der Waals surface area contributed by atoms with Gasteiger partial charge in [-0.1, -0.05) is 44.2 Å². The summed E-state index contributed by atoms with van der Waals surface area (Å²) in [7, 11) is -0.104. The lowest BCUT2D eigenvalue weighted by molar-refractivity contribution is -0.420. The van der Waals surface area contributed by atoms with E-state index in [1.54, 1.807) is 0 Å². The SMILES string of the molecule is CC1(C)C2CC3OB(C[C@H]([NH3+])c4ccccc4)O[C@]3(C)C1C2. The van der Waals surface area contributed by atoms with Gasteiger partial charge in [-0.05, 0) is 37.0 Å². The highest BCUT2D eigenvalue weighted by Gasteiger charge is 2.67. The first-order valence-corrected chi connectivity index (χ1v) is 8.62. The molecular weight excluding hydrogens is 273 g/mol. The van der Waals surface area contributed by atoms with Gasteiger partial charge in [-0.25, -0.2) is 0 Å². The normalized spacial score (nSPS) is 40.0. The molecule has 5 atom stereocenters. The molecule has 0 aromatic heterocycles. The number of rotatable bonds is 3.